The minimum Gasteiger partial charge on any atom is -0.376 e. The van der Waals surface area contributed by atoms with Crippen LogP contribution in [0.5, 0.6) is 0 Å². The number of anilines is 1. The van der Waals surface area contributed by atoms with Crippen molar-refractivity contribution in [2.45, 2.75) is 6.42 Å². The maximum atomic E-state index is 5.53. The number of benzene rings is 1. The monoisotopic (exact) mass is 238 g/mol. The molecular formula is C11H11ClN2S. The van der Waals surface area contributed by atoms with Gasteiger partial charge in [-0.1, -0.05) is 24.0 Å². The van der Waals surface area contributed by atoms with Crippen LogP contribution in [-0.2, 0) is 0 Å². The molecule has 0 saturated heterocycles. The van der Waals surface area contributed by atoms with Crippen LogP contribution < -0.4 is 11.1 Å². The number of nitrogens with one attached hydrogen (secondary N) is 1. The van der Waals surface area contributed by atoms with Gasteiger partial charge in [0, 0.05) is 17.9 Å². The number of para-hydroxylation sites is 1. The molecule has 1 aromatic carbocycles. The Labute approximate surface area is 99.8 Å². The summed E-state index contributed by atoms with van der Waals surface area (Å²) in [7, 11) is 0. The fraction of sp³-hybridized carbons (Fsp3) is 0.182. The highest BCUT2D eigenvalue weighted by Gasteiger charge is 1.97. The highest BCUT2D eigenvalue weighted by atomic mass is 35.5. The number of hydrogen-bond acceptors (Lipinski definition) is 1. The average molecular weight is 239 g/mol. The summed E-state index contributed by atoms with van der Waals surface area (Å²) < 4.78 is 0. The lowest BCUT2D eigenvalue weighted by Crippen LogP contribution is -2.19. The van der Waals surface area contributed by atoms with Crippen molar-refractivity contribution in [3.05, 3.63) is 29.8 Å². The number of halogens is 1. The molecule has 4 heteroatoms. The summed E-state index contributed by atoms with van der Waals surface area (Å²) >= 11 is 10.3. The molecule has 1 aromatic rings. The Morgan fingerprint density at radius 1 is 1.47 bits per heavy atom. The lowest BCUT2D eigenvalue weighted by molar-refractivity contribution is 1.29. The number of nitrogens with two attached hydrogens (primary N) is 1. The molecule has 0 aliphatic heterocycles. The molecule has 0 spiro atoms. The van der Waals surface area contributed by atoms with E-state index in [1.54, 1.807) is 0 Å². The Balaban J connectivity index is 2.87. The van der Waals surface area contributed by atoms with E-state index in [0.29, 0.717) is 12.3 Å². The molecule has 0 aliphatic rings. The normalized spacial score (nSPS) is 8.87. The predicted octanol–water partition coefficient (Wildman–Crippen LogP) is 2.32. The summed E-state index contributed by atoms with van der Waals surface area (Å²) in [6.45, 7) is 0. The SMILES string of the molecule is NC(=S)Nc1ccccc1C#CCCCl. The van der Waals surface area contributed by atoms with E-state index < -0.39 is 0 Å². The van der Waals surface area contributed by atoms with Crippen molar-refractivity contribution >= 4 is 34.6 Å². The van der Waals surface area contributed by atoms with E-state index in [0.717, 1.165) is 11.3 Å². The molecular weight excluding hydrogens is 228 g/mol. The van der Waals surface area contributed by atoms with E-state index in [2.05, 4.69) is 17.2 Å². The predicted molar refractivity (Wildman–Crippen MR) is 69.1 cm³/mol. The van der Waals surface area contributed by atoms with Gasteiger partial charge in [0.2, 0.25) is 0 Å². The van der Waals surface area contributed by atoms with Crippen molar-refractivity contribution in [2.75, 3.05) is 11.2 Å². The van der Waals surface area contributed by atoms with E-state index in [9.17, 15) is 0 Å². The van der Waals surface area contributed by atoms with Gasteiger partial charge in [0.05, 0.1) is 5.69 Å². The topological polar surface area (TPSA) is 38.0 Å². The van der Waals surface area contributed by atoms with Crippen molar-refractivity contribution in [1.29, 1.82) is 0 Å². The maximum Gasteiger partial charge on any atom is 0.168 e. The van der Waals surface area contributed by atoms with Gasteiger partial charge >= 0.3 is 0 Å². The molecule has 78 valence electrons. The molecule has 0 radical (unpaired) electrons. The van der Waals surface area contributed by atoms with Crippen LogP contribution in [0.2, 0.25) is 0 Å². The molecule has 0 amide bonds. The van der Waals surface area contributed by atoms with E-state index in [-0.39, 0.29) is 5.11 Å². The highest BCUT2D eigenvalue weighted by molar-refractivity contribution is 7.80. The molecule has 2 nitrogen and oxygen atoms in total. The van der Waals surface area contributed by atoms with E-state index in [1.807, 2.05) is 24.3 Å². The zero-order chi connectivity index (χ0) is 11.1. The summed E-state index contributed by atoms with van der Waals surface area (Å²) in [5, 5.41) is 3.11. The third-order valence-corrected chi connectivity index (χ3v) is 1.92. The molecule has 0 unspecified atom stereocenters. The summed E-state index contributed by atoms with van der Waals surface area (Å²) in [6.07, 6.45) is 0.670. The standard InChI is InChI=1S/C11H11ClN2S/c12-8-4-3-6-9-5-1-2-7-10(9)14-11(13)15/h1-2,5,7H,4,8H2,(H3,13,14,15). The van der Waals surface area contributed by atoms with Crippen LogP contribution >= 0.6 is 23.8 Å². The molecule has 0 aromatic heterocycles. The van der Waals surface area contributed by atoms with Crippen LogP contribution in [0, 0.1) is 11.8 Å². The van der Waals surface area contributed by atoms with Gasteiger partial charge in [-0.2, -0.15) is 0 Å². The quantitative estimate of drug-likeness (QED) is 0.472. The van der Waals surface area contributed by atoms with Crippen molar-refractivity contribution in [1.82, 2.24) is 0 Å². The first-order valence-electron chi connectivity index (χ1n) is 4.44. The second-order valence-electron chi connectivity index (χ2n) is 2.78. The summed E-state index contributed by atoms with van der Waals surface area (Å²) in [4.78, 5) is 0. The number of rotatable bonds is 2. The van der Waals surface area contributed by atoms with Crippen LogP contribution in [-0.4, -0.2) is 11.0 Å². The summed E-state index contributed by atoms with van der Waals surface area (Å²) in [5.41, 5.74) is 7.10. The number of thiocarbonyl (C=S) groups is 1. The Bertz CT molecular complexity index is 407. The maximum absolute atomic E-state index is 5.53. The average Bonchev–Trinajstić information content (AvgIpc) is 2.20. The largest absolute Gasteiger partial charge is 0.376 e. The summed E-state index contributed by atoms with van der Waals surface area (Å²) in [6, 6.07) is 7.59. The Kier molecular flexibility index (Phi) is 4.96. The minimum absolute atomic E-state index is 0.238. The molecule has 15 heavy (non-hydrogen) atoms. The van der Waals surface area contributed by atoms with Gasteiger partial charge in [0.1, 0.15) is 0 Å². The van der Waals surface area contributed by atoms with Crippen molar-refractivity contribution < 1.29 is 0 Å². The van der Waals surface area contributed by atoms with Crippen molar-refractivity contribution in [3.8, 4) is 11.8 Å². The van der Waals surface area contributed by atoms with Gasteiger partial charge < -0.3 is 11.1 Å². The first-order chi connectivity index (χ1) is 7.24. The first kappa shape index (κ1) is 11.8. The molecule has 0 bridgehead atoms. The molecule has 0 fully saturated rings. The molecule has 0 aliphatic carbocycles. The smallest absolute Gasteiger partial charge is 0.168 e. The summed E-state index contributed by atoms with van der Waals surface area (Å²) in [5.74, 6) is 6.51. The van der Waals surface area contributed by atoms with Gasteiger partial charge in [0.25, 0.3) is 0 Å². The molecule has 1 rings (SSSR count). The molecule has 0 heterocycles. The van der Waals surface area contributed by atoms with Gasteiger partial charge in [-0.3, -0.25) is 0 Å². The number of hydrogen-bond donors (Lipinski definition) is 2. The zero-order valence-corrected chi connectivity index (χ0v) is 9.66. The zero-order valence-electron chi connectivity index (χ0n) is 8.09. The van der Waals surface area contributed by atoms with Gasteiger partial charge in [-0.25, -0.2) is 0 Å². The Hall–Kier alpha value is -1.24. The van der Waals surface area contributed by atoms with Crippen LogP contribution in [0.1, 0.15) is 12.0 Å². The lowest BCUT2D eigenvalue weighted by Gasteiger charge is -2.05. The second-order valence-corrected chi connectivity index (χ2v) is 3.59. The van der Waals surface area contributed by atoms with Crippen LogP contribution in [0.3, 0.4) is 0 Å². The Morgan fingerprint density at radius 3 is 2.87 bits per heavy atom. The van der Waals surface area contributed by atoms with Crippen LogP contribution in [0.15, 0.2) is 24.3 Å². The lowest BCUT2D eigenvalue weighted by atomic mass is 10.2. The van der Waals surface area contributed by atoms with Crippen molar-refractivity contribution in [2.24, 2.45) is 5.73 Å². The molecule has 0 atom stereocenters. The van der Waals surface area contributed by atoms with E-state index in [4.69, 9.17) is 29.6 Å². The van der Waals surface area contributed by atoms with Gasteiger partial charge in [-0.15, -0.1) is 11.6 Å². The van der Waals surface area contributed by atoms with E-state index in [1.165, 1.54) is 0 Å². The number of alkyl halides is 1. The third-order valence-electron chi connectivity index (χ3n) is 1.63. The Morgan fingerprint density at radius 2 is 2.20 bits per heavy atom. The third kappa shape index (κ3) is 4.20. The molecule has 0 saturated carbocycles. The second kappa shape index (κ2) is 6.28. The minimum atomic E-state index is 0.238. The molecule has 3 N–H and O–H groups in total. The first-order valence-corrected chi connectivity index (χ1v) is 5.38. The van der Waals surface area contributed by atoms with E-state index >= 15 is 0 Å². The van der Waals surface area contributed by atoms with Crippen molar-refractivity contribution in [3.63, 3.8) is 0 Å². The fourth-order valence-electron chi connectivity index (χ4n) is 1.04. The van der Waals surface area contributed by atoms with Crippen LogP contribution in [0.25, 0.3) is 0 Å². The van der Waals surface area contributed by atoms with Gasteiger partial charge in [0.15, 0.2) is 5.11 Å². The fourth-order valence-corrected chi connectivity index (χ4v) is 1.24. The van der Waals surface area contributed by atoms with Crippen LogP contribution in [0.4, 0.5) is 5.69 Å². The van der Waals surface area contributed by atoms with Gasteiger partial charge in [-0.05, 0) is 24.4 Å². The highest BCUT2D eigenvalue weighted by Crippen LogP contribution is 2.13.